The molecule has 5 saturated carbocycles. The van der Waals surface area contributed by atoms with Gasteiger partial charge >= 0.3 is 5.97 Å². The first kappa shape index (κ1) is 105. The highest BCUT2D eigenvalue weighted by Gasteiger charge is 2.74. The molecule has 45 unspecified atom stereocenters. The van der Waals surface area contributed by atoms with E-state index in [9.17, 15) is 132 Å². The lowest BCUT2D eigenvalue weighted by Crippen LogP contribution is -2.70. The minimum Gasteiger partial charge on any atom is -0.432 e. The SMILES string of the molecule is CC1OC(OC2C(C)OC(OC(=O)[C@]34CCC(C)(C)CC3C3=CCC5[C@@]6(C)CC[C@H](OC7OC(C(=O)NC(C)(CO)CO)C(O)C(OC8OCC(O)C(O)C8O)C7OC7OC(CO)C(O)C(O)C7O)[C@@](C)(C=O)C6CC[C@@]5(C)[C@]3(C)C[C@H]4O)C(OC3OC(C)C(OC4OCC(O)C(OC5OC(CO)C(O)C(C)C5O)C4O)C(O)C3O)C2O)C(O)C(OC2CCC(O)C(O)C2O)C1O. The third kappa shape index (κ3) is 18.8. The minimum atomic E-state index is -2.25. The molecule has 45 heteroatoms. The molecule has 13 fully saturated rings. The van der Waals surface area contributed by atoms with E-state index in [4.69, 9.17) is 80.5 Å². The van der Waals surface area contributed by atoms with Crippen molar-refractivity contribution in [1.82, 2.24) is 5.32 Å². The monoisotopic (exact) mass is 1900 g/mol. The van der Waals surface area contributed by atoms with Crippen LogP contribution in [0.25, 0.3) is 0 Å². The van der Waals surface area contributed by atoms with Crippen LogP contribution in [-0.2, 0) is 94.9 Å². The van der Waals surface area contributed by atoms with E-state index < -0.39 is 371 Å². The molecule has 1 amide bonds. The number of carbonyl (C=O) groups is 3. The Morgan fingerprint density at radius 1 is 0.447 bits per heavy atom. The van der Waals surface area contributed by atoms with Crippen molar-refractivity contribution in [2.24, 2.45) is 56.2 Å². The molecule has 132 heavy (non-hydrogen) atoms. The number of aliphatic hydroxyl groups excluding tert-OH is 24. The number of allylic oxidation sites excluding steroid dienone is 2. The number of carbonyl (C=O) groups excluding carboxylic acids is 3. The van der Waals surface area contributed by atoms with Gasteiger partial charge in [0.05, 0.1) is 99.4 Å². The highest BCUT2D eigenvalue weighted by atomic mass is 16.8. The molecule has 25 N–H and O–H groups in total. The van der Waals surface area contributed by atoms with Crippen molar-refractivity contribution < 1.29 is 217 Å². The highest BCUT2D eigenvalue weighted by Crippen LogP contribution is 2.76. The number of esters is 1. The van der Waals surface area contributed by atoms with Crippen LogP contribution in [0.3, 0.4) is 0 Å². The maximum Gasteiger partial charge on any atom is 0.317 e. The van der Waals surface area contributed by atoms with Gasteiger partial charge < -0.3 is 213 Å². The van der Waals surface area contributed by atoms with E-state index in [2.05, 4.69) is 32.2 Å². The van der Waals surface area contributed by atoms with E-state index in [1.165, 1.54) is 34.6 Å². The first-order valence-electron chi connectivity index (χ1n) is 46.1. The summed E-state index contributed by atoms with van der Waals surface area (Å²) in [6.07, 6.45) is -71.0. The van der Waals surface area contributed by atoms with Crippen LogP contribution >= 0.6 is 0 Å². The number of hydrogen-bond donors (Lipinski definition) is 25. The normalized spacial score (nSPS) is 53.4. The molecule has 0 aromatic heterocycles. The lowest BCUT2D eigenvalue weighted by Gasteiger charge is -2.71. The molecule has 6 aliphatic carbocycles. The van der Waals surface area contributed by atoms with E-state index in [0.717, 1.165) is 11.9 Å². The zero-order chi connectivity index (χ0) is 96.5. The van der Waals surface area contributed by atoms with E-state index >= 15 is 4.79 Å². The molecule has 14 aliphatic rings. The van der Waals surface area contributed by atoms with Crippen LogP contribution in [0, 0.1) is 56.2 Å². The van der Waals surface area contributed by atoms with Crippen LogP contribution in [0.4, 0.5) is 0 Å². The second-order valence-electron chi connectivity index (χ2n) is 41.5. The minimum absolute atomic E-state index is 0.0210. The van der Waals surface area contributed by atoms with Gasteiger partial charge in [0.2, 0.25) is 6.29 Å². The summed E-state index contributed by atoms with van der Waals surface area (Å²) in [4.78, 5) is 45.6. The predicted molar refractivity (Wildman–Crippen MR) is 436 cm³/mol. The van der Waals surface area contributed by atoms with E-state index in [0.29, 0.717) is 38.5 Å². The van der Waals surface area contributed by atoms with Crippen molar-refractivity contribution in [3.63, 3.8) is 0 Å². The summed E-state index contributed by atoms with van der Waals surface area (Å²) in [5, 5.41) is 273. The molecule has 52 atom stereocenters. The number of nitrogens with one attached hydrogen (secondary N) is 1. The number of aldehydes is 1. The van der Waals surface area contributed by atoms with Crippen LogP contribution in [0.15, 0.2) is 11.6 Å². The molecule has 0 aromatic carbocycles. The van der Waals surface area contributed by atoms with Crippen LogP contribution in [0.2, 0.25) is 0 Å². The maximum atomic E-state index is 16.4. The van der Waals surface area contributed by atoms with Gasteiger partial charge in [-0.25, -0.2) is 0 Å². The summed E-state index contributed by atoms with van der Waals surface area (Å²) in [5.74, 6) is -4.81. The summed E-state index contributed by atoms with van der Waals surface area (Å²) >= 11 is 0. The molecule has 8 saturated heterocycles. The molecule has 0 aromatic rings. The second kappa shape index (κ2) is 40.3. The molecule has 0 spiro atoms. The largest absolute Gasteiger partial charge is 0.432 e. The van der Waals surface area contributed by atoms with Crippen molar-refractivity contribution in [1.29, 1.82) is 0 Å². The third-order valence-corrected chi connectivity index (χ3v) is 32.6. The molecule has 8 aliphatic heterocycles. The smallest absolute Gasteiger partial charge is 0.317 e. The van der Waals surface area contributed by atoms with Gasteiger partial charge in [0.1, 0.15) is 164 Å². The van der Waals surface area contributed by atoms with Gasteiger partial charge in [-0.3, -0.25) is 9.59 Å². The number of ether oxygens (including phenoxy) is 17. The molecule has 758 valence electrons. The second-order valence-corrected chi connectivity index (χ2v) is 41.5. The molecule has 14 rings (SSSR count). The highest BCUT2D eigenvalue weighted by molar-refractivity contribution is 5.82. The van der Waals surface area contributed by atoms with Crippen LogP contribution < -0.4 is 5.32 Å². The quantitative estimate of drug-likeness (QED) is 0.0175. The summed E-state index contributed by atoms with van der Waals surface area (Å²) in [6, 6.07) is 0. The van der Waals surface area contributed by atoms with Crippen molar-refractivity contribution in [2.45, 2.75) is 416 Å². The molecular weight excluding hydrogens is 1760 g/mol. The fraction of sp³-hybridized carbons (Fsp3) is 0.943. The van der Waals surface area contributed by atoms with Crippen LogP contribution in [0.5, 0.6) is 0 Å². The Bertz CT molecular complexity index is 3910. The van der Waals surface area contributed by atoms with Crippen molar-refractivity contribution in [3.8, 4) is 0 Å². The number of hydrogen-bond acceptors (Lipinski definition) is 44. The van der Waals surface area contributed by atoms with Crippen molar-refractivity contribution in [2.75, 3.05) is 39.6 Å². The Labute approximate surface area is 761 Å². The van der Waals surface area contributed by atoms with Gasteiger partial charge in [-0.1, -0.05) is 60.1 Å². The third-order valence-electron chi connectivity index (χ3n) is 32.6. The maximum absolute atomic E-state index is 16.4. The summed E-state index contributed by atoms with van der Waals surface area (Å²) in [5.41, 5.74) is -7.31. The fourth-order valence-electron chi connectivity index (χ4n) is 24.0. The number of amides is 1. The molecular formula is C87H141NO44. The summed E-state index contributed by atoms with van der Waals surface area (Å²) in [6.45, 7) is 14.5. The average Bonchev–Trinajstić information content (AvgIpc) is 0.667. The van der Waals surface area contributed by atoms with Crippen molar-refractivity contribution in [3.05, 3.63) is 11.6 Å². The van der Waals surface area contributed by atoms with E-state index in [1.807, 2.05) is 13.8 Å². The number of rotatable bonds is 25. The van der Waals surface area contributed by atoms with Gasteiger partial charge in [-0.2, -0.15) is 0 Å². The Kier molecular flexibility index (Phi) is 31.9. The molecule has 8 heterocycles. The Balaban J connectivity index is 0.746. The molecule has 0 bridgehead atoms. The zero-order valence-corrected chi connectivity index (χ0v) is 75.7. The topological polar surface area (TPSA) is 706 Å². The van der Waals surface area contributed by atoms with Crippen LogP contribution in [0.1, 0.15) is 147 Å². The van der Waals surface area contributed by atoms with E-state index in [-0.39, 0.29) is 38.0 Å². The Hall–Kier alpha value is -3.25. The zero-order valence-electron chi connectivity index (χ0n) is 75.7. The van der Waals surface area contributed by atoms with Gasteiger partial charge in [-0.05, 0) is 138 Å². The number of fused-ring (bicyclic) bond motifs is 7. The molecule has 0 radical (unpaired) electrons. The number of aliphatic hydroxyl groups is 24. The Morgan fingerprint density at radius 3 is 1.64 bits per heavy atom. The Morgan fingerprint density at radius 2 is 0.985 bits per heavy atom. The fourth-order valence-corrected chi connectivity index (χ4v) is 24.0. The lowest BCUT2D eigenvalue weighted by molar-refractivity contribution is -0.391. The summed E-state index contributed by atoms with van der Waals surface area (Å²) < 4.78 is 105. The van der Waals surface area contributed by atoms with Gasteiger partial charge in [0.25, 0.3) is 5.91 Å². The van der Waals surface area contributed by atoms with Gasteiger partial charge in [-0.15, -0.1) is 0 Å². The lowest BCUT2D eigenvalue weighted by atomic mass is 9.33. The van der Waals surface area contributed by atoms with Crippen LogP contribution in [-0.4, -0.2) is 450 Å². The first-order valence-corrected chi connectivity index (χ1v) is 46.1. The van der Waals surface area contributed by atoms with E-state index in [1.54, 1.807) is 6.92 Å². The van der Waals surface area contributed by atoms with Crippen molar-refractivity contribution >= 4 is 18.2 Å². The van der Waals surface area contributed by atoms with Gasteiger partial charge in [0, 0.05) is 5.92 Å². The standard InChI is InChI=1S/C87H141NO44/c1-31-47(98)41(24-89)122-74(48(31)99)127-65-39(96)27-117-73(61(65)112)125-63-33(3)119-75(58(109)55(63)106)130-69-59(110)64(126-77-62(113)66(49(100)32(2)118-77)121-40-14-13-37(94)50(101)52(40)103)34(4)120-78(69)132-80(115)87-21-20-81(5,6)22-36(87)35-12-15-44-83(8)18-17-46(84(9,30-93)43(83)16-19-85(44,10)86(35,11)23-45(87)97)124-79-70(131-76-57(108)54(105)53(104)42(25-90)123-76)67(128-72-56(107)51(102)38(95)26-116-72)60(111)68(129-79)71(114)88-82(7,28-91)29-92/h12,30-34,36-70,72-79,89-92,94-113H,13-29H2,1-11H3,(H,88,114)/t31?,32?,33?,34?,36?,37?,38?,39?,40?,41?,42?,43?,44?,45-,46+,47?,48?,49?,50?,51?,52?,53?,54?,55?,56?,57?,58?,59?,60?,61?,62?,63?,64?,65?,66?,67?,68?,69?,70?,72?,73?,74?,75?,76?,77?,78?,79?,83+,84+,85-,86-,87-/m1/s1. The van der Waals surface area contributed by atoms with Gasteiger partial charge in [0.15, 0.2) is 56.2 Å². The average molecular weight is 1910 g/mol. The summed E-state index contributed by atoms with van der Waals surface area (Å²) in [7, 11) is 0. The molecule has 45 nitrogen and oxygen atoms in total. The first-order chi connectivity index (χ1) is 62.0. The predicted octanol–water partition coefficient (Wildman–Crippen LogP) is -8.82.